The number of halogens is 1. The number of hydrogen-bond donors (Lipinski definition) is 1. The molecule has 0 aliphatic rings. The quantitative estimate of drug-likeness (QED) is 0.862. The molecule has 78 valence electrons. The van der Waals surface area contributed by atoms with Gasteiger partial charge in [-0.25, -0.2) is 4.68 Å². The van der Waals surface area contributed by atoms with Gasteiger partial charge in [0.05, 0.1) is 10.7 Å². The molecule has 2 N–H and O–H groups in total. The fraction of sp³-hybridized carbons (Fsp3) is 0.182. The molecular weight excluding hydrogens is 210 g/mol. The lowest BCUT2D eigenvalue weighted by Gasteiger charge is -2.07. The molecule has 0 aliphatic carbocycles. The highest BCUT2D eigenvalue weighted by molar-refractivity contribution is 6.32. The van der Waals surface area contributed by atoms with E-state index in [4.69, 9.17) is 17.3 Å². The van der Waals surface area contributed by atoms with E-state index in [2.05, 4.69) is 5.10 Å². The molecule has 0 amide bonds. The highest BCUT2D eigenvalue weighted by Gasteiger charge is 2.06. The topological polar surface area (TPSA) is 43.8 Å². The summed E-state index contributed by atoms with van der Waals surface area (Å²) in [7, 11) is 0. The van der Waals surface area contributed by atoms with Gasteiger partial charge in [0.2, 0.25) is 0 Å². The van der Waals surface area contributed by atoms with Crippen LogP contribution in [-0.2, 0) is 6.42 Å². The normalized spacial score (nSPS) is 10.5. The SMILES string of the molecule is NCCc1ccnn1-c1ccccc1Cl. The van der Waals surface area contributed by atoms with Crippen molar-refractivity contribution in [3.8, 4) is 5.69 Å². The zero-order chi connectivity index (χ0) is 10.7. The Morgan fingerprint density at radius 1 is 1.27 bits per heavy atom. The highest BCUT2D eigenvalue weighted by atomic mass is 35.5. The Balaban J connectivity index is 2.45. The van der Waals surface area contributed by atoms with Gasteiger partial charge in [-0.15, -0.1) is 0 Å². The molecule has 0 unspecified atom stereocenters. The summed E-state index contributed by atoms with van der Waals surface area (Å²) >= 11 is 6.10. The highest BCUT2D eigenvalue weighted by Crippen LogP contribution is 2.20. The molecule has 2 aromatic rings. The summed E-state index contributed by atoms with van der Waals surface area (Å²) in [6, 6.07) is 9.59. The maximum Gasteiger partial charge on any atom is 0.0834 e. The van der Waals surface area contributed by atoms with Crippen molar-refractivity contribution in [2.24, 2.45) is 5.73 Å². The second-order valence-electron chi connectivity index (χ2n) is 3.22. The first-order chi connectivity index (χ1) is 7.33. The summed E-state index contributed by atoms with van der Waals surface area (Å²) in [5.41, 5.74) is 7.50. The van der Waals surface area contributed by atoms with E-state index in [1.165, 1.54) is 0 Å². The molecule has 0 atom stereocenters. The van der Waals surface area contributed by atoms with Crippen LogP contribution in [0.25, 0.3) is 5.69 Å². The van der Waals surface area contributed by atoms with Crippen molar-refractivity contribution in [2.45, 2.75) is 6.42 Å². The number of para-hydroxylation sites is 1. The Morgan fingerprint density at radius 2 is 2.07 bits per heavy atom. The largest absolute Gasteiger partial charge is 0.330 e. The molecule has 0 radical (unpaired) electrons. The fourth-order valence-electron chi connectivity index (χ4n) is 1.51. The first-order valence-corrected chi connectivity index (χ1v) is 5.18. The van der Waals surface area contributed by atoms with Crippen molar-refractivity contribution in [3.63, 3.8) is 0 Å². The number of aromatic nitrogens is 2. The summed E-state index contributed by atoms with van der Waals surface area (Å²) in [6.07, 6.45) is 2.56. The van der Waals surface area contributed by atoms with Crippen LogP contribution < -0.4 is 5.73 Å². The minimum Gasteiger partial charge on any atom is -0.330 e. The summed E-state index contributed by atoms with van der Waals surface area (Å²) in [6.45, 7) is 0.607. The predicted molar refractivity (Wildman–Crippen MR) is 61.3 cm³/mol. The van der Waals surface area contributed by atoms with Gasteiger partial charge in [0, 0.05) is 18.3 Å². The molecule has 0 saturated heterocycles. The van der Waals surface area contributed by atoms with E-state index >= 15 is 0 Å². The van der Waals surface area contributed by atoms with Crippen molar-refractivity contribution in [3.05, 3.63) is 47.2 Å². The lowest BCUT2D eigenvalue weighted by atomic mass is 10.3. The Morgan fingerprint density at radius 3 is 2.80 bits per heavy atom. The molecule has 0 bridgehead atoms. The maximum atomic E-state index is 6.10. The van der Waals surface area contributed by atoms with E-state index in [9.17, 15) is 0 Å². The molecule has 4 heteroatoms. The van der Waals surface area contributed by atoms with Gasteiger partial charge in [-0.3, -0.25) is 0 Å². The summed E-state index contributed by atoms with van der Waals surface area (Å²) in [5, 5.41) is 4.94. The minimum absolute atomic E-state index is 0.607. The molecule has 1 heterocycles. The molecule has 0 aliphatic heterocycles. The van der Waals surface area contributed by atoms with Crippen molar-refractivity contribution >= 4 is 11.6 Å². The molecule has 0 saturated carbocycles. The number of rotatable bonds is 3. The molecular formula is C11H12ClN3. The maximum absolute atomic E-state index is 6.10. The van der Waals surface area contributed by atoms with Crippen molar-refractivity contribution in [2.75, 3.05) is 6.54 Å². The number of nitrogens with zero attached hydrogens (tertiary/aromatic N) is 2. The van der Waals surface area contributed by atoms with Gasteiger partial charge in [0.25, 0.3) is 0 Å². The van der Waals surface area contributed by atoms with Crippen LogP contribution >= 0.6 is 11.6 Å². The van der Waals surface area contributed by atoms with E-state index in [0.717, 1.165) is 17.8 Å². The van der Waals surface area contributed by atoms with Crippen LogP contribution in [0.4, 0.5) is 0 Å². The first kappa shape index (κ1) is 10.2. The Bertz CT molecular complexity index is 451. The standard InChI is InChI=1S/C11H12ClN3/c12-10-3-1-2-4-11(10)15-9(5-7-13)6-8-14-15/h1-4,6,8H,5,7,13H2. The van der Waals surface area contributed by atoms with Crippen LogP contribution in [0.1, 0.15) is 5.69 Å². The molecule has 0 spiro atoms. The second kappa shape index (κ2) is 4.47. The van der Waals surface area contributed by atoms with E-state index < -0.39 is 0 Å². The number of benzene rings is 1. The van der Waals surface area contributed by atoms with Crippen molar-refractivity contribution < 1.29 is 0 Å². The van der Waals surface area contributed by atoms with E-state index in [1.807, 2.05) is 35.0 Å². The molecule has 1 aromatic carbocycles. The molecule has 15 heavy (non-hydrogen) atoms. The average molecular weight is 222 g/mol. The van der Waals surface area contributed by atoms with Gasteiger partial charge in [0.1, 0.15) is 0 Å². The summed E-state index contributed by atoms with van der Waals surface area (Å²) in [4.78, 5) is 0. The first-order valence-electron chi connectivity index (χ1n) is 4.81. The van der Waals surface area contributed by atoms with Gasteiger partial charge >= 0.3 is 0 Å². The van der Waals surface area contributed by atoms with Gasteiger partial charge in [-0.05, 0) is 24.7 Å². The fourth-order valence-corrected chi connectivity index (χ4v) is 1.72. The van der Waals surface area contributed by atoms with Gasteiger partial charge in [-0.1, -0.05) is 23.7 Å². The van der Waals surface area contributed by atoms with Crippen molar-refractivity contribution in [1.29, 1.82) is 0 Å². The third-order valence-corrected chi connectivity index (χ3v) is 2.52. The van der Waals surface area contributed by atoms with Crippen LogP contribution in [0.3, 0.4) is 0 Å². The van der Waals surface area contributed by atoms with Crippen molar-refractivity contribution in [1.82, 2.24) is 9.78 Å². The van der Waals surface area contributed by atoms with Crippen LogP contribution in [-0.4, -0.2) is 16.3 Å². The molecule has 2 rings (SSSR count). The average Bonchev–Trinajstić information content (AvgIpc) is 2.67. The lowest BCUT2D eigenvalue weighted by Crippen LogP contribution is -2.09. The van der Waals surface area contributed by atoms with Gasteiger partial charge < -0.3 is 5.73 Å². The van der Waals surface area contributed by atoms with Gasteiger partial charge in [0.15, 0.2) is 0 Å². The number of hydrogen-bond acceptors (Lipinski definition) is 2. The van der Waals surface area contributed by atoms with Crippen LogP contribution in [0.5, 0.6) is 0 Å². The lowest BCUT2D eigenvalue weighted by molar-refractivity contribution is 0.791. The Labute approximate surface area is 93.5 Å². The summed E-state index contributed by atoms with van der Waals surface area (Å²) in [5.74, 6) is 0. The third-order valence-electron chi connectivity index (χ3n) is 2.20. The Kier molecular flexibility index (Phi) is 3.04. The van der Waals surface area contributed by atoms with Crippen LogP contribution in [0.2, 0.25) is 5.02 Å². The van der Waals surface area contributed by atoms with Crippen LogP contribution in [0, 0.1) is 0 Å². The summed E-state index contributed by atoms with van der Waals surface area (Å²) < 4.78 is 1.83. The smallest absolute Gasteiger partial charge is 0.0834 e. The Hall–Kier alpha value is -1.32. The number of nitrogens with two attached hydrogens (primary N) is 1. The zero-order valence-corrected chi connectivity index (χ0v) is 8.98. The molecule has 3 nitrogen and oxygen atoms in total. The van der Waals surface area contributed by atoms with E-state index in [0.29, 0.717) is 11.6 Å². The monoisotopic (exact) mass is 221 g/mol. The van der Waals surface area contributed by atoms with Crippen LogP contribution in [0.15, 0.2) is 36.5 Å². The third kappa shape index (κ3) is 2.03. The molecule has 1 aromatic heterocycles. The zero-order valence-electron chi connectivity index (χ0n) is 8.23. The van der Waals surface area contributed by atoms with E-state index in [-0.39, 0.29) is 0 Å². The van der Waals surface area contributed by atoms with E-state index in [1.54, 1.807) is 6.20 Å². The minimum atomic E-state index is 0.607. The predicted octanol–water partition coefficient (Wildman–Crippen LogP) is 2.03. The second-order valence-corrected chi connectivity index (χ2v) is 3.63. The van der Waals surface area contributed by atoms with Gasteiger partial charge in [-0.2, -0.15) is 5.10 Å². The molecule has 0 fully saturated rings.